The smallest absolute Gasteiger partial charge is 0.350 e. The van der Waals surface area contributed by atoms with Crippen molar-refractivity contribution >= 4 is 17.3 Å². The van der Waals surface area contributed by atoms with Crippen LogP contribution in [0.15, 0.2) is 11.8 Å². The zero-order valence-electron chi connectivity index (χ0n) is 12.3. The molecule has 7 heteroatoms. The lowest BCUT2D eigenvalue weighted by molar-refractivity contribution is 0.0461. The Morgan fingerprint density at radius 1 is 1.32 bits per heavy atom. The number of rotatable bonds is 5. The molecule has 0 bridgehead atoms. The molecule has 0 amide bonds. The maximum Gasteiger partial charge on any atom is 0.350 e. The van der Waals surface area contributed by atoms with Crippen LogP contribution in [0, 0.1) is 0 Å². The Balaban J connectivity index is 1.44. The molecular formula is C15H18N4O2S. The van der Waals surface area contributed by atoms with Crippen molar-refractivity contribution < 1.29 is 9.53 Å². The van der Waals surface area contributed by atoms with E-state index in [4.69, 9.17) is 4.74 Å². The van der Waals surface area contributed by atoms with E-state index in [-0.39, 0.29) is 12.6 Å². The maximum absolute atomic E-state index is 12.4. The molecule has 2 aromatic rings. The number of hydrogen-bond donors (Lipinski definition) is 0. The molecule has 6 nitrogen and oxygen atoms in total. The van der Waals surface area contributed by atoms with Gasteiger partial charge in [0.15, 0.2) is 12.4 Å². The van der Waals surface area contributed by atoms with Gasteiger partial charge < -0.3 is 9.30 Å². The molecular weight excluding hydrogens is 300 g/mol. The Kier molecular flexibility index (Phi) is 3.65. The summed E-state index contributed by atoms with van der Waals surface area (Å²) in [6.45, 7) is 0.178. The lowest BCUT2D eigenvalue weighted by Gasteiger charge is -2.09. The Labute approximate surface area is 132 Å². The van der Waals surface area contributed by atoms with Crippen LogP contribution in [0.3, 0.4) is 0 Å². The molecule has 4 rings (SSSR count). The number of ether oxygens (including phenoxy) is 1. The molecule has 0 spiro atoms. The van der Waals surface area contributed by atoms with Gasteiger partial charge in [-0.2, -0.15) is 0 Å². The fourth-order valence-corrected chi connectivity index (χ4v) is 3.89. The molecule has 2 heterocycles. The van der Waals surface area contributed by atoms with Gasteiger partial charge in [-0.3, -0.25) is 0 Å². The summed E-state index contributed by atoms with van der Waals surface area (Å²) < 4.78 is 7.47. The standard InChI is InChI=1S/C15H18N4O2S/c20-15(14-13(16-9-22-14)10-3-1-2-4-10)21-7-12-18-17-8-19(12)11-5-6-11/h8-11H,1-7H2. The molecule has 0 N–H and O–H groups in total. The van der Waals surface area contributed by atoms with Gasteiger partial charge in [-0.25, -0.2) is 9.78 Å². The molecule has 2 saturated carbocycles. The quantitative estimate of drug-likeness (QED) is 0.792. The molecule has 2 aliphatic rings. The molecule has 0 atom stereocenters. The van der Waals surface area contributed by atoms with Crippen molar-refractivity contribution in [3.05, 3.63) is 28.2 Å². The second-order valence-corrected chi connectivity index (χ2v) is 6.86. The minimum absolute atomic E-state index is 0.178. The highest BCUT2D eigenvalue weighted by atomic mass is 32.1. The third-order valence-corrected chi connectivity index (χ3v) is 5.26. The van der Waals surface area contributed by atoms with Crippen LogP contribution in [0.5, 0.6) is 0 Å². The fraction of sp³-hybridized carbons (Fsp3) is 0.600. The summed E-state index contributed by atoms with van der Waals surface area (Å²) in [7, 11) is 0. The zero-order valence-corrected chi connectivity index (χ0v) is 13.1. The van der Waals surface area contributed by atoms with Crippen LogP contribution in [-0.2, 0) is 11.3 Å². The van der Waals surface area contributed by atoms with E-state index in [0.29, 0.717) is 16.8 Å². The van der Waals surface area contributed by atoms with Crippen LogP contribution in [-0.4, -0.2) is 25.7 Å². The summed E-state index contributed by atoms with van der Waals surface area (Å²) in [6, 6.07) is 0.487. The molecule has 0 aromatic carbocycles. The zero-order chi connectivity index (χ0) is 14.9. The van der Waals surface area contributed by atoms with Gasteiger partial charge >= 0.3 is 5.97 Å². The summed E-state index contributed by atoms with van der Waals surface area (Å²) in [5.74, 6) is 0.862. The van der Waals surface area contributed by atoms with Crippen molar-refractivity contribution in [1.29, 1.82) is 0 Å². The number of nitrogens with zero attached hydrogens (tertiary/aromatic N) is 4. The van der Waals surface area contributed by atoms with Crippen molar-refractivity contribution in [2.24, 2.45) is 0 Å². The van der Waals surface area contributed by atoms with Crippen molar-refractivity contribution in [2.75, 3.05) is 0 Å². The highest BCUT2D eigenvalue weighted by Crippen LogP contribution is 2.37. The fourth-order valence-electron chi connectivity index (χ4n) is 3.12. The SMILES string of the molecule is O=C(OCc1nncn1C1CC1)c1scnc1C1CCCC1. The summed E-state index contributed by atoms with van der Waals surface area (Å²) in [5.41, 5.74) is 2.67. The van der Waals surface area contributed by atoms with Crippen LogP contribution in [0.4, 0.5) is 0 Å². The van der Waals surface area contributed by atoms with E-state index in [9.17, 15) is 4.79 Å². The van der Waals surface area contributed by atoms with Gasteiger partial charge in [-0.15, -0.1) is 21.5 Å². The van der Waals surface area contributed by atoms with Crippen molar-refractivity contribution in [3.8, 4) is 0 Å². The third-order valence-electron chi connectivity index (χ3n) is 4.44. The predicted molar refractivity (Wildman–Crippen MR) is 80.7 cm³/mol. The highest BCUT2D eigenvalue weighted by molar-refractivity contribution is 7.11. The van der Waals surface area contributed by atoms with E-state index >= 15 is 0 Å². The summed E-state index contributed by atoms with van der Waals surface area (Å²) >= 11 is 1.38. The van der Waals surface area contributed by atoms with Crippen LogP contribution >= 0.6 is 11.3 Å². The van der Waals surface area contributed by atoms with E-state index in [1.807, 2.05) is 4.57 Å². The summed E-state index contributed by atoms with van der Waals surface area (Å²) in [6.07, 6.45) is 8.72. The molecule has 0 saturated heterocycles. The second-order valence-electron chi connectivity index (χ2n) is 6.01. The van der Waals surface area contributed by atoms with Gasteiger partial charge in [-0.1, -0.05) is 12.8 Å². The van der Waals surface area contributed by atoms with Gasteiger partial charge in [0.1, 0.15) is 11.2 Å². The van der Waals surface area contributed by atoms with Crippen molar-refractivity contribution in [2.45, 2.75) is 57.1 Å². The van der Waals surface area contributed by atoms with Gasteiger partial charge in [0.05, 0.1) is 11.2 Å². The number of thiazole rings is 1. The first-order valence-corrected chi connectivity index (χ1v) is 8.70. The maximum atomic E-state index is 12.4. The van der Waals surface area contributed by atoms with Gasteiger partial charge in [0.2, 0.25) is 0 Å². The number of esters is 1. The van der Waals surface area contributed by atoms with Gasteiger partial charge in [0.25, 0.3) is 0 Å². The van der Waals surface area contributed by atoms with Crippen LogP contribution in [0.2, 0.25) is 0 Å². The normalized spacial score (nSPS) is 18.7. The van der Waals surface area contributed by atoms with Gasteiger partial charge in [-0.05, 0) is 25.7 Å². The van der Waals surface area contributed by atoms with E-state index in [0.717, 1.165) is 37.2 Å². The number of carbonyl (C=O) groups is 1. The minimum atomic E-state index is -0.283. The summed E-state index contributed by atoms with van der Waals surface area (Å²) in [5, 5.41) is 7.97. The molecule has 0 radical (unpaired) electrons. The topological polar surface area (TPSA) is 69.9 Å². The molecule has 2 fully saturated rings. The Bertz CT molecular complexity index is 671. The van der Waals surface area contributed by atoms with Crippen LogP contribution < -0.4 is 0 Å². The number of hydrogen-bond acceptors (Lipinski definition) is 6. The molecule has 0 unspecified atom stereocenters. The predicted octanol–water partition coefficient (Wildman–Crippen LogP) is 3.08. The van der Waals surface area contributed by atoms with Crippen LogP contribution in [0.25, 0.3) is 0 Å². The average Bonchev–Trinajstić information content (AvgIpc) is 3.02. The molecule has 2 aromatic heterocycles. The lowest BCUT2D eigenvalue weighted by atomic mass is 10.0. The number of aromatic nitrogens is 4. The first-order valence-electron chi connectivity index (χ1n) is 7.82. The van der Waals surface area contributed by atoms with E-state index in [1.54, 1.807) is 11.8 Å². The van der Waals surface area contributed by atoms with Crippen LogP contribution in [0.1, 0.15) is 71.7 Å². The van der Waals surface area contributed by atoms with E-state index < -0.39 is 0 Å². The second kappa shape index (κ2) is 5.79. The van der Waals surface area contributed by atoms with E-state index in [2.05, 4.69) is 15.2 Å². The Morgan fingerprint density at radius 3 is 2.91 bits per heavy atom. The largest absolute Gasteiger partial charge is 0.453 e. The van der Waals surface area contributed by atoms with Crippen molar-refractivity contribution in [1.82, 2.24) is 19.7 Å². The Hall–Kier alpha value is -1.76. The minimum Gasteiger partial charge on any atom is -0.453 e. The molecule has 116 valence electrons. The average molecular weight is 318 g/mol. The highest BCUT2D eigenvalue weighted by Gasteiger charge is 2.28. The summed E-state index contributed by atoms with van der Waals surface area (Å²) in [4.78, 5) is 17.4. The first kappa shape index (κ1) is 13.9. The first-order chi connectivity index (χ1) is 10.8. The number of carbonyl (C=O) groups excluding carboxylic acids is 1. The monoisotopic (exact) mass is 318 g/mol. The molecule has 22 heavy (non-hydrogen) atoms. The van der Waals surface area contributed by atoms with Crippen molar-refractivity contribution in [3.63, 3.8) is 0 Å². The van der Waals surface area contributed by atoms with Gasteiger partial charge in [0, 0.05) is 12.0 Å². The lowest BCUT2D eigenvalue weighted by Crippen LogP contribution is -2.11. The molecule has 2 aliphatic carbocycles. The third kappa shape index (κ3) is 2.65. The molecule has 0 aliphatic heterocycles. The Morgan fingerprint density at radius 2 is 2.14 bits per heavy atom. The van der Waals surface area contributed by atoms with E-state index in [1.165, 1.54) is 24.2 Å².